The third-order valence-corrected chi connectivity index (χ3v) is 4.09. The van der Waals surface area contributed by atoms with E-state index in [1.165, 1.54) is 0 Å². The van der Waals surface area contributed by atoms with Gasteiger partial charge in [0.2, 0.25) is 0 Å². The number of hydrogen-bond donors (Lipinski definition) is 6. The summed E-state index contributed by atoms with van der Waals surface area (Å²) >= 11 is 0. The van der Waals surface area contributed by atoms with Gasteiger partial charge in [-0.15, -0.1) is 0 Å². The van der Waals surface area contributed by atoms with E-state index < -0.39 is 56.6 Å². The van der Waals surface area contributed by atoms with Crippen LogP contribution in [0.4, 0.5) is 4.79 Å². The zero-order valence-electron chi connectivity index (χ0n) is 11.9. The van der Waals surface area contributed by atoms with E-state index in [9.17, 15) is 29.5 Å². The fourth-order valence-electron chi connectivity index (χ4n) is 2.28. The number of phosphoric ester groups is 1. The van der Waals surface area contributed by atoms with Gasteiger partial charge in [0, 0.05) is 6.42 Å². The standard InChI is InChI=1S/C10H17N2O10P/c1-10(17)7(14)11-9(16)12(8(10)15)6-2-4(13)5(22-6)3-21-23(18,19)20/h4-6,8,13,15,17H,2-3H2,1H3,(H,11,14,16)(H2,18,19,20)/t4-,5+,6+,8?,10?/m0/s1. The normalized spacial score (nSPS) is 38.8. The highest BCUT2D eigenvalue weighted by Gasteiger charge is 2.53. The minimum Gasteiger partial charge on any atom is -0.390 e. The van der Waals surface area contributed by atoms with Gasteiger partial charge < -0.3 is 29.8 Å². The van der Waals surface area contributed by atoms with E-state index in [2.05, 4.69) is 4.52 Å². The number of carbonyl (C=O) groups is 2. The Labute approximate surface area is 129 Å². The third-order valence-electron chi connectivity index (χ3n) is 3.60. The number of hydrogen-bond acceptors (Lipinski definition) is 8. The summed E-state index contributed by atoms with van der Waals surface area (Å²) in [7, 11) is -4.77. The number of carbonyl (C=O) groups excluding carboxylic acids is 2. The van der Waals surface area contributed by atoms with Gasteiger partial charge in [0.25, 0.3) is 5.91 Å². The molecule has 3 amide bonds. The van der Waals surface area contributed by atoms with E-state index in [0.29, 0.717) is 4.90 Å². The molecule has 0 aliphatic carbocycles. The van der Waals surface area contributed by atoms with E-state index in [0.717, 1.165) is 6.92 Å². The highest BCUT2D eigenvalue weighted by Crippen LogP contribution is 2.37. The second-order valence-corrected chi connectivity index (χ2v) is 6.65. The van der Waals surface area contributed by atoms with Gasteiger partial charge in [0.1, 0.15) is 12.3 Å². The van der Waals surface area contributed by atoms with Crippen molar-refractivity contribution in [1.82, 2.24) is 10.2 Å². The van der Waals surface area contributed by atoms with Gasteiger partial charge in [-0.05, 0) is 6.92 Å². The maximum absolute atomic E-state index is 11.8. The van der Waals surface area contributed by atoms with Crippen molar-refractivity contribution in [3.8, 4) is 0 Å². The van der Waals surface area contributed by atoms with Crippen molar-refractivity contribution >= 4 is 19.8 Å². The predicted molar refractivity (Wildman–Crippen MR) is 69.3 cm³/mol. The van der Waals surface area contributed by atoms with Crippen LogP contribution < -0.4 is 5.32 Å². The van der Waals surface area contributed by atoms with Gasteiger partial charge in [-0.25, -0.2) is 9.36 Å². The first-order valence-electron chi connectivity index (χ1n) is 6.51. The van der Waals surface area contributed by atoms with Crippen LogP contribution in [0.25, 0.3) is 0 Å². The summed E-state index contributed by atoms with van der Waals surface area (Å²) in [5.74, 6) is -1.09. The molecule has 2 aliphatic rings. The maximum Gasteiger partial charge on any atom is 0.469 e. The number of aliphatic hydroxyl groups is 3. The molecule has 12 nitrogen and oxygen atoms in total. The van der Waals surface area contributed by atoms with Gasteiger partial charge in [-0.2, -0.15) is 0 Å². The molecule has 2 aliphatic heterocycles. The van der Waals surface area contributed by atoms with Crippen LogP contribution in [0.1, 0.15) is 13.3 Å². The lowest BCUT2D eigenvalue weighted by atomic mass is 10.00. The summed E-state index contributed by atoms with van der Waals surface area (Å²) in [5, 5.41) is 31.6. The average molecular weight is 356 g/mol. The Morgan fingerprint density at radius 2 is 2.04 bits per heavy atom. The number of ether oxygens (including phenoxy) is 1. The molecule has 0 spiro atoms. The predicted octanol–water partition coefficient (Wildman–Crippen LogP) is -2.81. The summed E-state index contributed by atoms with van der Waals surface area (Å²) in [6, 6.07) is -1.04. The van der Waals surface area contributed by atoms with Crippen molar-refractivity contribution in [3.05, 3.63) is 0 Å². The largest absolute Gasteiger partial charge is 0.469 e. The van der Waals surface area contributed by atoms with Crippen LogP contribution in [0.5, 0.6) is 0 Å². The van der Waals surface area contributed by atoms with E-state index in [-0.39, 0.29) is 6.42 Å². The minimum absolute atomic E-state index is 0.218. The summed E-state index contributed by atoms with van der Waals surface area (Å²) in [6.07, 6.45) is -5.79. The number of imide groups is 1. The zero-order valence-corrected chi connectivity index (χ0v) is 12.8. The first-order valence-corrected chi connectivity index (χ1v) is 8.04. The average Bonchev–Trinajstić information content (AvgIpc) is 2.75. The molecule has 0 aromatic heterocycles. The molecule has 2 heterocycles. The highest BCUT2D eigenvalue weighted by atomic mass is 31.2. The summed E-state index contributed by atoms with van der Waals surface area (Å²) < 4.78 is 20.1. The number of urea groups is 1. The first-order chi connectivity index (χ1) is 10.4. The van der Waals surface area contributed by atoms with Crippen LogP contribution in [0.3, 0.4) is 0 Å². The molecule has 2 unspecified atom stereocenters. The number of nitrogens with one attached hydrogen (secondary N) is 1. The second kappa shape index (κ2) is 6.07. The van der Waals surface area contributed by atoms with Crippen molar-refractivity contribution in [1.29, 1.82) is 0 Å². The lowest BCUT2D eigenvalue weighted by Gasteiger charge is -2.42. The number of nitrogens with zero attached hydrogens (tertiary/aromatic N) is 1. The summed E-state index contributed by atoms with van der Waals surface area (Å²) in [6.45, 7) is 0.342. The monoisotopic (exact) mass is 356 g/mol. The molecule has 0 saturated carbocycles. The third kappa shape index (κ3) is 3.70. The Morgan fingerprint density at radius 1 is 1.43 bits per heavy atom. The summed E-state index contributed by atoms with van der Waals surface area (Å²) in [4.78, 5) is 41.2. The van der Waals surface area contributed by atoms with Crippen LogP contribution in [0.2, 0.25) is 0 Å². The van der Waals surface area contributed by atoms with E-state index >= 15 is 0 Å². The smallest absolute Gasteiger partial charge is 0.390 e. The Kier molecular flexibility index (Phi) is 4.81. The van der Waals surface area contributed by atoms with Crippen molar-refractivity contribution < 1.29 is 48.5 Å². The zero-order chi connectivity index (χ0) is 17.6. The van der Waals surface area contributed by atoms with E-state index in [4.69, 9.17) is 14.5 Å². The molecule has 0 aromatic rings. The molecule has 0 aromatic carbocycles. The highest BCUT2D eigenvalue weighted by molar-refractivity contribution is 7.46. The fourth-order valence-corrected chi connectivity index (χ4v) is 2.62. The topological polar surface area (TPSA) is 186 Å². The van der Waals surface area contributed by atoms with E-state index in [1.54, 1.807) is 0 Å². The van der Waals surface area contributed by atoms with Crippen LogP contribution in [0.15, 0.2) is 0 Å². The molecule has 0 bridgehead atoms. The molecule has 0 radical (unpaired) electrons. The lowest BCUT2D eigenvalue weighted by Crippen LogP contribution is -2.70. The van der Waals surface area contributed by atoms with Gasteiger partial charge >= 0.3 is 13.9 Å². The Morgan fingerprint density at radius 3 is 2.61 bits per heavy atom. The van der Waals surface area contributed by atoms with Crippen LogP contribution in [-0.2, 0) is 18.6 Å². The van der Waals surface area contributed by atoms with Gasteiger partial charge in [-0.3, -0.25) is 19.5 Å². The van der Waals surface area contributed by atoms with Gasteiger partial charge in [0.15, 0.2) is 11.8 Å². The number of amides is 3. The van der Waals surface area contributed by atoms with Crippen molar-refractivity contribution in [2.45, 2.75) is 43.6 Å². The molecule has 2 rings (SSSR count). The maximum atomic E-state index is 11.8. The molecule has 2 saturated heterocycles. The SMILES string of the molecule is CC1(O)C(=O)NC(=O)N([C@H]2C[C@H](O)[C@@H](COP(=O)(O)O)O2)C1O. The molecule has 132 valence electrons. The molecule has 5 atom stereocenters. The van der Waals surface area contributed by atoms with Crippen LogP contribution in [-0.4, -0.2) is 78.8 Å². The Hall–Kier alpha value is -1.11. The van der Waals surface area contributed by atoms with Crippen LogP contribution in [0, 0.1) is 0 Å². The Bertz CT molecular complexity index is 548. The first kappa shape index (κ1) is 18.2. The fraction of sp³-hybridized carbons (Fsp3) is 0.800. The number of rotatable bonds is 4. The second-order valence-electron chi connectivity index (χ2n) is 5.41. The van der Waals surface area contributed by atoms with Crippen molar-refractivity contribution in [2.24, 2.45) is 0 Å². The molecule has 2 fully saturated rings. The quantitative estimate of drug-likeness (QED) is 0.287. The van der Waals surface area contributed by atoms with Gasteiger partial charge in [-0.1, -0.05) is 0 Å². The molecular formula is C10H17N2O10P. The number of phosphoric acid groups is 1. The molecule has 6 N–H and O–H groups in total. The molecule has 13 heteroatoms. The van der Waals surface area contributed by atoms with Crippen LogP contribution >= 0.6 is 7.82 Å². The lowest BCUT2D eigenvalue weighted by molar-refractivity contribution is -0.193. The van der Waals surface area contributed by atoms with Crippen molar-refractivity contribution in [3.63, 3.8) is 0 Å². The molecule has 23 heavy (non-hydrogen) atoms. The summed E-state index contributed by atoms with van der Waals surface area (Å²) in [5.41, 5.74) is -2.29. The molecular weight excluding hydrogens is 339 g/mol. The minimum atomic E-state index is -4.77. The Balaban J connectivity index is 2.09. The van der Waals surface area contributed by atoms with E-state index in [1.807, 2.05) is 5.32 Å². The van der Waals surface area contributed by atoms with Crippen molar-refractivity contribution in [2.75, 3.05) is 6.61 Å². The number of aliphatic hydroxyl groups excluding tert-OH is 2. The van der Waals surface area contributed by atoms with Gasteiger partial charge in [0.05, 0.1) is 12.7 Å².